The molecule has 1 aromatic carbocycles. The van der Waals surface area contributed by atoms with Gasteiger partial charge in [-0.25, -0.2) is 0 Å². The maximum Gasteiger partial charge on any atom is 0.230 e. The van der Waals surface area contributed by atoms with Gasteiger partial charge in [-0.3, -0.25) is 4.79 Å². The van der Waals surface area contributed by atoms with E-state index in [-0.39, 0.29) is 5.91 Å². The summed E-state index contributed by atoms with van der Waals surface area (Å²) in [7, 11) is 0. The zero-order valence-corrected chi connectivity index (χ0v) is 14.2. The van der Waals surface area contributed by atoms with Gasteiger partial charge >= 0.3 is 0 Å². The minimum Gasteiger partial charge on any atom is -0.368 e. The highest BCUT2D eigenvalue weighted by atomic mass is 32.2. The van der Waals surface area contributed by atoms with E-state index in [1.165, 1.54) is 17.4 Å². The molecule has 4 nitrogen and oxygen atoms in total. The minimum atomic E-state index is -0.00447. The number of nitrogens with one attached hydrogen (secondary N) is 1. The van der Waals surface area contributed by atoms with E-state index >= 15 is 0 Å². The topological polar surface area (TPSA) is 35.6 Å². The van der Waals surface area contributed by atoms with Crippen molar-refractivity contribution < 1.29 is 4.79 Å². The Balaban J connectivity index is 1.73. The van der Waals surface area contributed by atoms with Crippen molar-refractivity contribution in [2.24, 2.45) is 0 Å². The Hall–Kier alpha value is -1.53. The van der Waals surface area contributed by atoms with Gasteiger partial charge in [-0.15, -0.1) is 6.58 Å². The zero-order valence-electron chi connectivity index (χ0n) is 12.5. The summed E-state index contributed by atoms with van der Waals surface area (Å²) in [5.74, 6) is 0.362. The van der Waals surface area contributed by atoms with Gasteiger partial charge in [0.15, 0.2) is 0 Å². The molecule has 0 spiro atoms. The number of carbonyl (C=O) groups is 1. The average Bonchev–Trinajstić information content (AvgIpc) is 2.58. The van der Waals surface area contributed by atoms with E-state index in [4.69, 9.17) is 12.2 Å². The number of piperazine rings is 1. The Morgan fingerprint density at radius 1 is 1.27 bits per heavy atom. The van der Waals surface area contributed by atoms with Gasteiger partial charge in [0.1, 0.15) is 4.32 Å². The summed E-state index contributed by atoms with van der Waals surface area (Å²) in [6, 6.07) is 10.4. The Labute approximate surface area is 141 Å². The van der Waals surface area contributed by atoms with E-state index in [1.807, 2.05) is 6.07 Å². The molecule has 1 saturated heterocycles. The standard InChI is InChI=1S/C16H21N3OS2/c1-2-8-17-15(20)13-22-16(21)19-11-9-18(10-12-19)14-6-4-3-5-7-14/h2-7H,1,8-13H2,(H,17,20). The maximum absolute atomic E-state index is 11.6. The van der Waals surface area contributed by atoms with E-state index < -0.39 is 0 Å². The van der Waals surface area contributed by atoms with Gasteiger partial charge < -0.3 is 15.1 Å². The zero-order chi connectivity index (χ0) is 15.8. The molecule has 0 saturated carbocycles. The lowest BCUT2D eigenvalue weighted by Crippen LogP contribution is -2.47. The van der Waals surface area contributed by atoms with Crippen molar-refractivity contribution in [3.63, 3.8) is 0 Å². The number of amides is 1. The van der Waals surface area contributed by atoms with E-state index in [1.54, 1.807) is 6.08 Å². The molecule has 22 heavy (non-hydrogen) atoms. The molecule has 1 N–H and O–H groups in total. The van der Waals surface area contributed by atoms with Crippen molar-refractivity contribution >= 4 is 39.9 Å². The molecule has 1 amide bonds. The molecule has 0 aliphatic carbocycles. The number of thiocarbonyl (C=S) groups is 1. The van der Waals surface area contributed by atoms with Crippen LogP contribution in [0.15, 0.2) is 43.0 Å². The first-order valence-electron chi connectivity index (χ1n) is 7.30. The second-order valence-electron chi connectivity index (χ2n) is 4.96. The fourth-order valence-electron chi connectivity index (χ4n) is 2.24. The summed E-state index contributed by atoms with van der Waals surface area (Å²) in [6.45, 7) is 7.77. The van der Waals surface area contributed by atoms with Crippen molar-refractivity contribution in [3.05, 3.63) is 43.0 Å². The molecule has 1 heterocycles. The van der Waals surface area contributed by atoms with Gasteiger partial charge in [-0.2, -0.15) is 0 Å². The summed E-state index contributed by atoms with van der Waals surface area (Å²) in [4.78, 5) is 16.1. The van der Waals surface area contributed by atoms with Gasteiger partial charge in [0.25, 0.3) is 0 Å². The van der Waals surface area contributed by atoms with E-state index in [9.17, 15) is 4.79 Å². The number of benzene rings is 1. The molecule has 2 rings (SSSR count). The highest BCUT2D eigenvalue weighted by Crippen LogP contribution is 2.18. The maximum atomic E-state index is 11.6. The van der Waals surface area contributed by atoms with Crippen LogP contribution in [-0.2, 0) is 4.79 Å². The lowest BCUT2D eigenvalue weighted by molar-refractivity contribution is -0.118. The average molecular weight is 335 g/mol. The molecule has 1 aliphatic heterocycles. The SMILES string of the molecule is C=CCNC(=O)CSC(=S)N1CCN(c2ccccc2)CC1. The number of nitrogens with zero attached hydrogens (tertiary/aromatic N) is 2. The molecule has 1 aromatic rings. The van der Waals surface area contributed by atoms with Crippen molar-refractivity contribution in [2.75, 3.05) is 43.4 Å². The lowest BCUT2D eigenvalue weighted by atomic mass is 10.2. The highest BCUT2D eigenvalue weighted by Gasteiger charge is 2.19. The smallest absolute Gasteiger partial charge is 0.230 e. The second kappa shape index (κ2) is 8.80. The fourth-order valence-corrected chi connectivity index (χ4v) is 3.32. The van der Waals surface area contributed by atoms with Gasteiger partial charge in [0, 0.05) is 38.4 Å². The van der Waals surface area contributed by atoms with Gasteiger partial charge in [-0.05, 0) is 12.1 Å². The number of thioether (sulfide) groups is 1. The molecule has 0 atom stereocenters. The number of para-hydroxylation sites is 1. The normalized spacial score (nSPS) is 14.5. The van der Waals surface area contributed by atoms with E-state index in [0.29, 0.717) is 12.3 Å². The highest BCUT2D eigenvalue weighted by molar-refractivity contribution is 8.23. The molecule has 1 fully saturated rings. The van der Waals surface area contributed by atoms with Crippen molar-refractivity contribution in [2.45, 2.75) is 0 Å². The van der Waals surface area contributed by atoms with Crippen molar-refractivity contribution in [3.8, 4) is 0 Å². The summed E-state index contributed by atoms with van der Waals surface area (Å²) < 4.78 is 0.807. The number of carbonyl (C=O) groups excluding carboxylic acids is 1. The first kappa shape index (κ1) is 16.8. The molecule has 0 aromatic heterocycles. The van der Waals surface area contributed by atoms with E-state index in [0.717, 1.165) is 30.5 Å². The number of hydrogen-bond donors (Lipinski definition) is 1. The molecule has 6 heteroatoms. The summed E-state index contributed by atoms with van der Waals surface area (Å²) in [5.41, 5.74) is 1.25. The van der Waals surface area contributed by atoms with Crippen LogP contribution in [0.25, 0.3) is 0 Å². The van der Waals surface area contributed by atoms with Crippen LogP contribution in [-0.4, -0.2) is 53.6 Å². The number of anilines is 1. The number of rotatable bonds is 5. The predicted octanol–water partition coefficient (Wildman–Crippen LogP) is 2.13. The third kappa shape index (κ3) is 5.03. The molecular formula is C16H21N3OS2. The Kier molecular flexibility index (Phi) is 6.74. The van der Waals surface area contributed by atoms with Crippen LogP contribution in [0, 0.1) is 0 Å². The molecular weight excluding hydrogens is 314 g/mol. The largest absolute Gasteiger partial charge is 0.368 e. The molecule has 0 unspecified atom stereocenters. The van der Waals surface area contributed by atoms with Crippen LogP contribution in [0.4, 0.5) is 5.69 Å². The van der Waals surface area contributed by atoms with Crippen molar-refractivity contribution in [1.29, 1.82) is 0 Å². The monoisotopic (exact) mass is 335 g/mol. The fraction of sp³-hybridized carbons (Fsp3) is 0.375. The van der Waals surface area contributed by atoms with Crippen LogP contribution in [0.5, 0.6) is 0 Å². The lowest BCUT2D eigenvalue weighted by Gasteiger charge is -2.37. The number of hydrogen-bond acceptors (Lipinski definition) is 4. The molecule has 118 valence electrons. The minimum absolute atomic E-state index is 0.00447. The quantitative estimate of drug-likeness (QED) is 0.659. The summed E-state index contributed by atoms with van der Waals surface area (Å²) >= 11 is 6.86. The van der Waals surface area contributed by atoms with Crippen molar-refractivity contribution in [1.82, 2.24) is 10.2 Å². The van der Waals surface area contributed by atoms with Crippen LogP contribution in [0.2, 0.25) is 0 Å². The molecule has 0 bridgehead atoms. The van der Waals surface area contributed by atoms with Gasteiger partial charge in [0.2, 0.25) is 5.91 Å². The first-order chi connectivity index (χ1) is 10.7. The summed E-state index contributed by atoms with van der Waals surface area (Å²) in [6.07, 6.45) is 1.67. The molecule has 0 radical (unpaired) electrons. The van der Waals surface area contributed by atoms with Gasteiger partial charge in [0.05, 0.1) is 5.75 Å². The van der Waals surface area contributed by atoms with E-state index in [2.05, 4.69) is 46.0 Å². The third-order valence-corrected chi connectivity index (χ3v) is 4.95. The van der Waals surface area contributed by atoms with Crippen LogP contribution < -0.4 is 10.2 Å². The Morgan fingerprint density at radius 2 is 1.95 bits per heavy atom. The van der Waals surface area contributed by atoms with Crippen LogP contribution in [0.3, 0.4) is 0 Å². The predicted molar refractivity (Wildman–Crippen MR) is 98.5 cm³/mol. The van der Waals surface area contributed by atoms with Gasteiger partial charge in [-0.1, -0.05) is 48.3 Å². The summed E-state index contributed by atoms with van der Waals surface area (Å²) in [5, 5.41) is 2.75. The first-order valence-corrected chi connectivity index (χ1v) is 8.69. The Bertz CT molecular complexity index is 513. The third-order valence-electron chi connectivity index (χ3n) is 3.43. The molecule has 1 aliphatic rings. The Morgan fingerprint density at radius 3 is 2.59 bits per heavy atom. The second-order valence-corrected chi connectivity index (χ2v) is 6.57. The van der Waals surface area contributed by atoms with Crippen LogP contribution >= 0.6 is 24.0 Å². The van der Waals surface area contributed by atoms with Crippen LogP contribution in [0.1, 0.15) is 0 Å².